The normalized spacial score (nSPS) is 8.84. The molecule has 0 fully saturated rings. The largest absolute Gasteiger partial charge is 0.545 e. The highest BCUT2D eigenvalue weighted by Gasteiger charge is 2.02. The van der Waals surface area contributed by atoms with Crippen LogP contribution in [0.15, 0.2) is 83.9 Å². The molecule has 0 amide bonds. The van der Waals surface area contributed by atoms with Gasteiger partial charge in [0.05, 0.1) is 11.9 Å². The van der Waals surface area contributed by atoms with Crippen LogP contribution in [0.1, 0.15) is 20.7 Å². The highest BCUT2D eigenvalue weighted by atomic mass is 79.9. The number of aromatic nitrogens is 2. The number of rotatable bonds is 2. The number of nitrogens with one attached hydrogen (secondary N) is 2. The summed E-state index contributed by atoms with van der Waals surface area (Å²) in [6.45, 7) is 0. The molecule has 1 aromatic carbocycles. The molecule has 2 N–H and O–H groups in total. The number of carboxylic acid groups (broad SMARTS) is 2. The van der Waals surface area contributed by atoms with E-state index < -0.39 is 11.9 Å². The highest BCUT2D eigenvalue weighted by molar-refractivity contribution is 9.10. The van der Waals surface area contributed by atoms with E-state index in [4.69, 9.17) is 0 Å². The summed E-state index contributed by atoms with van der Waals surface area (Å²) < 4.78 is 0.161. The van der Waals surface area contributed by atoms with Crippen molar-refractivity contribution in [2.45, 2.75) is 0 Å². The lowest BCUT2D eigenvalue weighted by Crippen LogP contribution is -2.24. The minimum Gasteiger partial charge on any atom is -0.545 e. The first-order chi connectivity index (χ1) is 12.0. The van der Waals surface area contributed by atoms with Gasteiger partial charge in [-0.15, -0.1) is 0 Å². The fourth-order valence-electron chi connectivity index (χ4n) is 1.49. The fourth-order valence-corrected chi connectivity index (χ4v) is 2.03. The zero-order chi connectivity index (χ0) is 18.5. The molecular weight excluding hydrogens is 388 g/mol. The Labute approximate surface area is 153 Å². The number of benzene rings is 1. The Balaban J connectivity index is 0.000000214. The molecule has 0 saturated carbocycles. The van der Waals surface area contributed by atoms with Crippen molar-refractivity contribution in [2.24, 2.45) is 0 Å². The van der Waals surface area contributed by atoms with Gasteiger partial charge in [0.25, 0.3) is 0 Å². The smallest absolute Gasteiger partial charge is 0.166 e. The molecule has 0 bridgehead atoms. The van der Waals surface area contributed by atoms with E-state index in [1.165, 1.54) is 0 Å². The van der Waals surface area contributed by atoms with Gasteiger partial charge in [0.15, 0.2) is 24.8 Å². The van der Waals surface area contributed by atoms with Crippen LogP contribution >= 0.6 is 15.9 Å². The van der Waals surface area contributed by atoms with Gasteiger partial charge in [-0.1, -0.05) is 40.2 Å². The second kappa shape index (κ2) is 11.5. The SMILES string of the molecule is O=C([O-])c1ccc(C(=O)[O-])c(Br)c1.c1cc[nH+]cc1.c1cc[nH+]cc1. The van der Waals surface area contributed by atoms with Gasteiger partial charge in [-0.3, -0.25) is 0 Å². The van der Waals surface area contributed by atoms with Crippen LogP contribution in [0.25, 0.3) is 0 Å². The maximum absolute atomic E-state index is 10.4. The maximum atomic E-state index is 10.4. The second-order valence-electron chi connectivity index (χ2n) is 4.42. The Morgan fingerprint density at radius 1 is 0.760 bits per heavy atom. The van der Waals surface area contributed by atoms with Crippen molar-refractivity contribution in [3.63, 3.8) is 0 Å². The van der Waals surface area contributed by atoms with Gasteiger partial charge in [0.1, 0.15) is 0 Å². The monoisotopic (exact) mass is 402 g/mol. The standard InChI is InChI=1S/C8H5BrO4.2C5H5N/c9-6-3-4(7(10)11)1-2-5(6)8(12)13;2*1-2-4-6-5-3-1/h1-3H,(H,10,11)(H,12,13);2*1-5H. The summed E-state index contributed by atoms with van der Waals surface area (Å²) >= 11 is 2.90. The molecule has 0 spiro atoms. The number of hydrogen-bond acceptors (Lipinski definition) is 4. The lowest BCUT2D eigenvalue weighted by Gasteiger charge is -2.08. The molecule has 128 valence electrons. The molecule has 0 unspecified atom stereocenters. The van der Waals surface area contributed by atoms with Gasteiger partial charge >= 0.3 is 0 Å². The van der Waals surface area contributed by atoms with E-state index in [2.05, 4.69) is 25.9 Å². The topological polar surface area (TPSA) is 109 Å². The van der Waals surface area contributed by atoms with Gasteiger partial charge in [-0.2, -0.15) is 0 Å². The van der Waals surface area contributed by atoms with Gasteiger partial charge in [-0.05, 0) is 11.6 Å². The van der Waals surface area contributed by atoms with Gasteiger partial charge in [0.2, 0.25) is 0 Å². The third kappa shape index (κ3) is 8.38. The average Bonchev–Trinajstić information content (AvgIpc) is 2.65. The Kier molecular flexibility index (Phi) is 9.17. The van der Waals surface area contributed by atoms with Crippen molar-refractivity contribution in [2.75, 3.05) is 0 Å². The molecule has 0 radical (unpaired) electrons. The van der Waals surface area contributed by atoms with Gasteiger partial charge in [0, 0.05) is 34.3 Å². The van der Waals surface area contributed by atoms with Crippen molar-refractivity contribution >= 4 is 27.9 Å². The molecule has 0 atom stereocenters. The van der Waals surface area contributed by atoms with Crippen LogP contribution in [-0.4, -0.2) is 11.9 Å². The number of carbonyl (C=O) groups is 2. The zero-order valence-electron chi connectivity index (χ0n) is 13.0. The summed E-state index contributed by atoms with van der Waals surface area (Å²) in [5.74, 6) is -2.72. The molecule has 7 heteroatoms. The van der Waals surface area contributed by atoms with Crippen LogP contribution in [0.2, 0.25) is 0 Å². The predicted octanol–water partition coefficient (Wildman–Crippen LogP) is 0.177. The van der Waals surface area contributed by atoms with Crippen LogP contribution in [0.4, 0.5) is 0 Å². The van der Waals surface area contributed by atoms with Crippen LogP contribution < -0.4 is 20.2 Å². The van der Waals surface area contributed by atoms with Crippen molar-refractivity contribution in [1.29, 1.82) is 0 Å². The Morgan fingerprint density at radius 3 is 1.48 bits per heavy atom. The molecule has 0 aliphatic rings. The maximum Gasteiger partial charge on any atom is 0.166 e. The van der Waals surface area contributed by atoms with E-state index in [1.807, 2.05) is 61.2 Å². The molecule has 2 aromatic heterocycles. The number of H-pyrrole nitrogens is 2. The predicted molar refractivity (Wildman–Crippen MR) is 88.8 cm³/mol. The molecule has 3 rings (SSSR count). The number of hydrogen-bond donors (Lipinski definition) is 0. The lowest BCUT2D eigenvalue weighted by molar-refractivity contribution is -0.378. The van der Waals surface area contributed by atoms with Gasteiger partial charge in [-0.25, -0.2) is 9.97 Å². The van der Waals surface area contributed by atoms with E-state index in [-0.39, 0.29) is 15.6 Å². The molecule has 0 aliphatic heterocycles. The van der Waals surface area contributed by atoms with E-state index in [1.54, 1.807) is 0 Å². The lowest BCUT2D eigenvalue weighted by atomic mass is 10.1. The number of aromatic amines is 2. The summed E-state index contributed by atoms with van der Waals surface area (Å²) in [4.78, 5) is 26.5. The van der Waals surface area contributed by atoms with Crippen LogP contribution in [0, 0.1) is 0 Å². The summed E-state index contributed by atoms with van der Waals surface area (Å²) in [5, 5.41) is 20.7. The first-order valence-corrected chi connectivity index (χ1v) is 7.86. The zero-order valence-corrected chi connectivity index (χ0v) is 14.6. The molecule has 2 heterocycles. The molecule has 6 nitrogen and oxygen atoms in total. The van der Waals surface area contributed by atoms with Crippen molar-refractivity contribution in [3.8, 4) is 0 Å². The molecule has 0 aliphatic carbocycles. The highest BCUT2D eigenvalue weighted by Crippen LogP contribution is 2.17. The number of aromatic carboxylic acids is 2. The van der Waals surface area contributed by atoms with Crippen molar-refractivity contribution in [1.82, 2.24) is 0 Å². The third-order valence-corrected chi connectivity index (χ3v) is 3.30. The third-order valence-electron chi connectivity index (χ3n) is 2.64. The Hall–Kier alpha value is -3.06. The van der Waals surface area contributed by atoms with E-state index in [9.17, 15) is 19.8 Å². The average molecular weight is 403 g/mol. The van der Waals surface area contributed by atoms with E-state index >= 15 is 0 Å². The second-order valence-corrected chi connectivity index (χ2v) is 5.28. The summed E-state index contributed by atoms with van der Waals surface area (Å²) in [6, 6.07) is 15.2. The van der Waals surface area contributed by atoms with Crippen molar-refractivity contribution in [3.05, 3.63) is 95.0 Å². The minimum absolute atomic E-state index is 0.0862. The quantitative estimate of drug-likeness (QED) is 0.608. The molecule has 3 aromatic rings. The number of carbonyl (C=O) groups excluding carboxylic acids is 2. The van der Waals surface area contributed by atoms with Gasteiger partial charge < -0.3 is 19.8 Å². The molecule has 25 heavy (non-hydrogen) atoms. The minimum atomic E-state index is -1.36. The summed E-state index contributed by atoms with van der Waals surface area (Å²) in [6.07, 6.45) is 7.50. The van der Waals surface area contributed by atoms with E-state index in [0.29, 0.717) is 0 Å². The Bertz CT molecular complexity index is 699. The Morgan fingerprint density at radius 2 is 1.24 bits per heavy atom. The number of halogens is 1. The van der Waals surface area contributed by atoms with Crippen LogP contribution in [0.5, 0.6) is 0 Å². The van der Waals surface area contributed by atoms with Crippen LogP contribution in [0.3, 0.4) is 0 Å². The van der Waals surface area contributed by atoms with Crippen LogP contribution in [-0.2, 0) is 0 Å². The molecular formula is C18H15BrN2O4. The summed E-state index contributed by atoms with van der Waals surface area (Å²) in [5.41, 5.74) is -0.179. The number of carboxylic acids is 2. The first kappa shape index (κ1) is 20.0. The first-order valence-electron chi connectivity index (χ1n) is 7.06. The van der Waals surface area contributed by atoms with E-state index in [0.717, 1.165) is 18.2 Å². The van der Waals surface area contributed by atoms with Crippen molar-refractivity contribution < 1.29 is 29.8 Å². The number of pyridine rings is 2. The summed E-state index contributed by atoms with van der Waals surface area (Å²) in [7, 11) is 0. The molecule has 0 saturated heterocycles. The fraction of sp³-hybridized carbons (Fsp3) is 0.